The number of non-ortho nitro benzene ring substituents is 1. The first-order valence-corrected chi connectivity index (χ1v) is 15.0. The maximum absolute atomic E-state index is 16.1. The van der Waals surface area contributed by atoms with Crippen LogP contribution in [0.3, 0.4) is 0 Å². The molecule has 1 aromatic rings. The Hall–Kier alpha value is -2.15. The first kappa shape index (κ1) is 29.4. The van der Waals surface area contributed by atoms with E-state index < -0.39 is 53.9 Å². The summed E-state index contributed by atoms with van der Waals surface area (Å²) in [5, 5.41) is 25.7. The van der Waals surface area contributed by atoms with Crippen LogP contribution < -0.4 is 5.32 Å². The van der Waals surface area contributed by atoms with Gasteiger partial charge in [-0.15, -0.1) is 0 Å². The van der Waals surface area contributed by atoms with Gasteiger partial charge in [0.15, 0.2) is 5.79 Å². The van der Waals surface area contributed by atoms with E-state index in [9.17, 15) is 20.2 Å². The summed E-state index contributed by atoms with van der Waals surface area (Å²) in [5.41, 5.74) is -0.594. The van der Waals surface area contributed by atoms with Gasteiger partial charge in [-0.2, -0.15) is 0 Å². The summed E-state index contributed by atoms with van der Waals surface area (Å²) in [6, 6.07) is 2.51. The molecule has 37 heavy (non-hydrogen) atoms. The Morgan fingerprint density at radius 3 is 2.11 bits per heavy atom. The molecular formula is C25H40FN3O7Si. The minimum Gasteiger partial charge on any atom is -0.393 e. The Bertz CT molecular complexity index is 990. The van der Waals surface area contributed by atoms with Crippen molar-refractivity contribution >= 4 is 25.6 Å². The molecule has 4 atom stereocenters. The molecule has 2 fully saturated rings. The summed E-state index contributed by atoms with van der Waals surface area (Å²) >= 11 is 0. The molecule has 0 amide bonds. The van der Waals surface area contributed by atoms with E-state index in [1.807, 2.05) is 27.7 Å². The lowest BCUT2D eigenvalue weighted by atomic mass is 9.91. The number of nitrogens with one attached hydrogen (secondary N) is 1. The second-order valence-corrected chi connectivity index (χ2v) is 15.7. The van der Waals surface area contributed by atoms with Crippen LogP contribution in [0.4, 0.5) is 21.5 Å². The molecule has 208 valence electrons. The van der Waals surface area contributed by atoms with Crippen LogP contribution in [0.25, 0.3) is 0 Å². The summed E-state index contributed by atoms with van der Waals surface area (Å²) in [6.07, 6.45) is -2.02. The molecule has 0 aromatic heterocycles. The number of nitrogens with zero attached hydrogens (tertiary/aromatic N) is 2. The van der Waals surface area contributed by atoms with Crippen LogP contribution in [0, 0.1) is 38.0 Å². The molecule has 1 N–H and O–H groups in total. The van der Waals surface area contributed by atoms with E-state index in [4.69, 9.17) is 13.6 Å². The molecule has 0 spiro atoms. The van der Waals surface area contributed by atoms with Crippen LogP contribution in [-0.2, 0) is 13.6 Å². The second kappa shape index (κ2) is 10.9. The van der Waals surface area contributed by atoms with Crippen LogP contribution in [-0.4, -0.2) is 49.1 Å². The summed E-state index contributed by atoms with van der Waals surface area (Å²) in [5.74, 6) is -1.54. The monoisotopic (exact) mass is 541 g/mol. The summed E-state index contributed by atoms with van der Waals surface area (Å²) < 4.78 is 36.4. The maximum atomic E-state index is 16.1. The molecule has 1 heterocycles. The van der Waals surface area contributed by atoms with Crippen molar-refractivity contribution in [3.8, 4) is 0 Å². The Morgan fingerprint density at radius 2 is 1.62 bits per heavy atom. The Balaban J connectivity index is 1.99. The van der Waals surface area contributed by atoms with Gasteiger partial charge in [-0.05, 0) is 23.6 Å². The third kappa shape index (κ3) is 5.38. The zero-order valence-electron chi connectivity index (χ0n) is 22.9. The van der Waals surface area contributed by atoms with Gasteiger partial charge in [0.05, 0.1) is 28.1 Å². The molecule has 10 nitrogen and oxygen atoms in total. The van der Waals surface area contributed by atoms with E-state index >= 15 is 4.39 Å². The number of alkyl halides is 1. The molecule has 0 unspecified atom stereocenters. The van der Waals surface area contributed by atoms with Crippen molar-refractivity contribution in [1.29, 1.82) is 0 Å². The molecule has 1 saturated carbocycles. The van der Waals surface area contributed by atoms with Crippen molar-refractivity contribution in [3.63, 3.8) is 0 Å². The first-order valence-electron chi connectivity index (χ1n) is 13.0. The number of hydrogen-bond donors (Lipinski definition) is 1. The van der Waals surface area contributed by atoms with Crippen molar-refractivity contribution in [3.05, 3.63) is 38.4 Å². The predicted octanol–water partition coefficient (Wildman–Crippen LogP) is 6.34. The number of rotatable bonds is 8. The van der Waals surface area contributed by atoms with Gasteiger partial charge < -0.3 is 18.9 Å². The van der Waals surface area contributed by atoms with Crippen molar-refractivity contribution < 1.29 is 27.8 Å². The zero-order valence-corrected chi connectivity index (χ0v) is 23.9. The highest BCUT2D eigenvalue weighted by Crippen LogP contribution is 2.49. The van der Waals surface area contributed by atoms with Gasteiger partial charge in [-0.3, -0.25) is 20.2 Å². The van der Waals surface area contributed by atoms with Gasteiger partial charge in [-0.25, -0.2) is 4.39 Å². The van der Waals surface area contributed by atoms with E-state index in [0.29, 0.717) is 6.42 Å². The fourth-order valence-corrected chi connectivity index (χ4v) is 9.83. The lowest BCUT2D eigenvalue weighted by molar-refractivity contribution is -0.393. The van der Waals surface area contributed by atoms with Crippen LogP contribution >= 0.6 is 0 Å². The maximum Gasteiger partial charge on any atom is 0.345 e. The normalized spacial score (nSPS) is 27.3. The Kier molecular flexibility index (Phi) is 8.67. The summed E-state index contributed by atoms with van der Waals surface area (Å²) in [6.45, 7) is 16.7. The van der Waals surface area contributed by atoms with Gasteiger partial charge in [0, 0.05) is 30.4 Å². The summed E-state index contributed by atoms with van der Waals surface area (Å²) in [7, 11) is -2.82. The highest BCUT2D eigenvalue weighted by Gasteiger charge is 2.59. The van der Waals surface area contributed by atoms with E-state index in [1.54, 1.807) is 0 Å². The summed E-state index contributed by atoms with van der Waals surface area (Å²) in [4.78, 5) is 21.3. The molecular weight excluding hydrogens is 501 g/mol. The van der Waals surface area contributed by atoms with Crippen LogP contribution in [0.1, 0.15) is 61.8 Å². The average molecular weight is 542 g/mol. The molecule has 1 aliphatic carbocycles. The second-order valence-electron chi connectivity index (χ2n) is 11.5. The molecule has 1 aromatic carbocycles. The van der Waals surface area contributed by atoms with Crippen LogP contribution in [0.5, 0.6) is 0 Å². The topological polar surface area (TPSA) is 126 Å². The molecule has 3 rings (SSSR count). The number of nitro benzene ring substituents is 2. The Morgan fingerprint density at radius 1 is 1.03 bits per heavy atom. The molecule has 12 heteroatoms. The van der Waals surface area contributed by atoms with Crippen molar-refractivity contribution in [2.75, 3.05) is 11.9 Å². The molecule has 1 aliphatic heterocycles. The largest absolute Gasteiger partial charge is 0.393 e. The molecule has 1 saturated heterocycles. The number of fused-ring (bicyclic) bond motifs is 1. The fraction of sp³-hybridized carbons (Fsp3) is 0.760. The quantitative estimate of drug-likeness (QED) is 0.229. The van der Waals surface area contributed by atoms with E-state index in [1.165, 1.54) is 12.1 Å². The number of halogens is 1. The standard InChI is InChI=1S/C25H40FN3O7Si/c1-14(2)25(15(3)4)35-24-18(13-34-37(36-25,16(5)6)17(7)8)11-21(23(24)26)27-20-10-9-19(28(30)31)12-22(20)29(32)33/h9-10,12,14-18,21,23-24,27H,11,13H2,1-8H3/t18-,21-,23+,24-/m1/s1. The van der Waals surface area contributed by atoms with Gasteiger partial charge in [0.1, 0.15) is 11.9 Å². The zero-order chi connectivity index (χ0) is 27.9. The lowest BCUT2D eigenvalue weighted by Gasteiger charge is -2.53. The number of benzene rings is 1. The highest BCUT2D eigenvalue weighted by molar-refractivity contribution is 6.70. The average Bonchev–Trinajstić information content (AvgIpc) is 3.06. The van der Waals surface area contributed by atoms with Crippen molar-refractivity contribution in [2.24, 2.45) is 17.8 Å². The van der Waals surface area contributed by atoms with Crippen molar-refractivity contribution in [1.82, 2.24) is 0 Å². The smallest absolute Gasteiger partial charge is 0.345 e. The van der Waals surface area contributed by atoms with E-state index in [2.05, 4.69) is 33.0 Å². The van der Waals surface area contributed by atoms with Crippen LogP contribution in [0.15, 0.2) is 18.2 Å². The number of ether oxygens (including phenoxy) is 1. The fourth-order valence-electron chi connectivity index (χ4n) is 5.81. The van der Waals surface area contributed by atoms with Crippen LogP contribution in [0.2, 0.25) is 11.1 Å². The molecule has 2 aliphatic rings. The first-order chi connectivity index (χ1) is 17.2. The number of nitro groups is 2. The van der Waals surface area contributed by atoms with Gasteiger partial charge >= 0.3 is 8.56 Å². The van der Waals surface area contributed by atoms with Gasteiger partial charge in [0.2, 0.25) is 0 Å². The van der Waals surface area contributed by atoms with Gasteiger partial charge in [0.25, 0.3) is 11.4 Å². The highest BCUT2D eigenvalue weighted by atomic mass is 28.4. The molecule has 0 radical (unpaired) electrons. The third-order valence-electron chi connectivity index (χ3n) is 7.83. The number of anilines is 1. The van der Waals surface area contributed by atoms with Crippen molar-refractivity contribution in [2.45, 2.75) is 97.0 Å². The minimum absolute atomic E-state index is 0.0294. The van der Waals surface area contributed by atoms with Gasteiger partial charge in [-0.1, -0.05) is 55.4 Å². The number of hydrogen-bond acceptors (Lipinski definition) is 8. The van der Waals surface area contributed by atoms with E-state index in [0.717, 1.165) is 6.07 Å². The predicted molar refractivity (Wildman–Crippen MR) is 140 cm³/mol. The minimum atomic E-state index is -2.82. The van der Waals surface area contributed by atoms with E-state index in [-0.39, 0.29) is 41.1 Å². The molecule has 0 bridgehead atoms. The Labute approximate surface area is 218 Å². The lowest BCUT2D eigenvalue weighted by Crippen LogP contribution is -2.63. The third-order valence-corrected chi connectivity index (χ3v) is 12.3. The SMILES string of the molecule is CC(C)C1(C(C)C)O[C@@H]2[C@@H](CO[Si](C(C)C)(C(C)C)O1)C[C@@H](Nc1ccc([N+](=O)[O-])cc1[N+](=O)[O-])[C@@H]2F.